The third-order valence-corrected chi connectivity index (χ3v) is 9.74. The number of anilines is 1. The van der Waals surface area contributed by atoms with Crippen molar-refractivity contribution in [2.45, 2.75) is 91.7 Å². The number of nitrogens with zero attached hydrogens (tertiary/aromatic N) is 6. The second-order valence-electron chi connectivity index (χ2n) is 15.1. The highest BCUT2D eigenvalue weighted by molar-refractivity contribution is 6.01. The average molecular weight is 659 g/mol. The SMILES string of the molecule is Cc1ccnc(C(C)C)c1-n1c(=O)nc(N2CCN(C(=O)OC(C)(C)C)CC2C)c2cc(C3CC3)c(-c3cccc4cccc(C)c34)nc21. The van der Waals surface area contributed by atoms with Gasteiger partial charge in [-0.1, -0.05) is 50.2 Å². The third-order valence-electron chi connectivity index (χ3n) is 9.74. The molecule has 7 rings (SSSR count). The van der Waals surface area contributed by atoms with Crippen molar-refractivity contribution in [3.05, 3.63) is 87.6 Å². The number of hydrogen-bond donors (Lipinski definition) is 0. The lowest BCUT2D eigenvalue weighted by atomic mass is 9.94. The zero-order chi connectivity index (χ0) is 34.8. The first-order valence-electron chi connectivity index (χ1n) is 17.5. The Balaban J connectivity index is 1.48. The molecule has 1 amide bonds. The zero-order valence-corrected chi connectivity index (χ0v) is 29.9. The van der Waals surface area contributed by atoms with Crippen molar-refractivity contribution < 1.29 is 9.53 Å². The molecule has 0 N–H and O–H groups in total. The van der Waals surface area contributed by atoms with Crippen LogP contribution in [0.4, 0.5) is 10.6 Å². The summed E-state index contributed by atoms with van der Waals surface area (Å²) in [6, 6.07) is 16.9. The maximum absolute atomic E-state index is 14.5. The molecule has 2 aromatic carbocycles. The molecule has 49 heavy (non-hydrogen) atoms. The summed E-state index contributed by atoms with van der Waals surface area (Å²) >= 11 is 0. The van der Waals surface area contributed by atoms with Gasteiger partial charge >= 0.3 is 11.8 Å². The minimum absolute atomic E-state index is 0.0726. The molecule has 1 unspecified atom stereocenters. The second kappa shape index (κ2) is 12.3. The minimum Gasteiger partial charge on any atom is -0.444 e. The Morgan fingerprint density at radius 3 is 2.39 bits per heavy atom. The predicted octanol–water partition coefficient (Wildman–Crippen LogP) is 8.06. The maximum atomic E-state index is 14.5. The average Bonchev–Trinajstić information content (AvgIpc) is 3.89. The lowest BCUT2D eigenvalue weighted by molar-refractivity contribution is 0.0218. The monoisotopic (exact) mass is 658 g/mol. The van der Waals surface area contributed by atoms with Gasteiger partial charge in [0.2, 0.25) is 0 Å². The van der Waals surface area contributed by atoms with Crippen LogP contribution < -0.4 is 10.6 Å². The summed E-state index contributed by atoms with van der Waals surface area (Å²) < 4.78 is 7.38. The fraction of sp³-hybridized carbons (Fsp3) is 0.425. The smallest absolute Gasteiger partial charge is 0.410 e. The molecule has 0 spiro atoms. The quantitative estimate of drug-likeness (QED) is 0.189. The lowest BCUT2D eigenvalue weighted by Gasteiger charge is -2.41. The summed E-state index contributed by atoms with van der Waals surface area (Å²) in [4.78, 5) is 46.5. The fourth-order valence-corrected chi connectivity index (χ4v) is 7.26. The Morgan fingerprint density at radius 1 is 0.980 bits per heavy atom. The molecule has 1 aliphatic carbocycles. The second-order valence-corrected chi connectivity index (χ2v) is 15.1. The maximum Gasteiger partial charge on any atom is 0.410 e. The van der Waals surface area contributed by atoms with Crippen LogP contribution in [-0.2, 0) is 4.74 Å². The van der Waals surface area contributed by atoms with Gasteiger partial charge in [0.15, 0.2) is 5.65 Å². The van der Waals surface area contributed by atoms with Crippen LogP contribution in [0.1, 0.15) is 88.6 Å². The molecule has 254 valence electrons. The van der Waals surface area contributed by atoms with Gasteiger partial charge in [-0.2, -0.15) is 4.98 Å². The number of carbonyl (C=O) groups excluding carboxylic acids is 1. The number of aryl methyl sites for hydroxylation is 2. The van der Waals surface area contributed by atoms with E-state index in [4.69, 9.17) is 19.7 Å². The van der Waals surface area contributed by atoms with Crippen molar-refractivity contribution in [1.82, 2.24) is 24.4 Å². The van der Waals surface area contributed by atoms with Crippen LogP contribution in [0.2, 0.25) is 0 Å². The van der Waals surface area contributed by atoms with Gasteiger partial charge in [0.1, 0.15) is 11.4 Å². The fourth-order valence-electron chi connectivity index (χ4n) is 7.26. The number of ether oxygens (including phenoxy) is 1. The van der Waals surface area contributed by atoms with Gasteiger partial charge in [-0.05, 0) is 106 Å². The van der Waals surface area contributed by atoms with E-state index in [1.165, 1.54) is 16.5 Å². The number of benzene rings is 2. The Bertz CT molecular complexity index is 2160. The summed E-state index contributed by atoms with van der Waals surface area (Å²) in [5, 5.41) is 3.17. The minimum atomic E-state index is -0.579. The van der Waals surface area contributed by atoms with Crippen LogP contribution in [0.5, 0.6) is 0 Å². The molecule has 1 atom stereocenters. The summed E-state index contributed by atoms with van der Waals surface area (Å²) in [7, 11) is 0. The van der Waals surface area contributed by atoms with Gasteiger partial charge in [0.05, 0.1) is 22.5 Å². The molecule has 4 heterocycles. The lowest BCUT2D eigenvalue weighted by Crippen LogP contribution is -2.55. The first-order valence-corrected chi connectivity index (χ1v) is 17.5. The molecular formula is C40H46N6O3. The van der Waals surface area contributed by atoms with Crippen molar-refractivity contribution in [1.29, 1.82) is 0 Å². The molecule has 9 heteroatoms. The number of amides is 1. The van der Waals surface area contributed by atoms with Crippen molar-refractivity contribution in [3.63, 3.8) is 0 Å². The largest absolute Gasteiger partial charge is 0.444 e. The van der Waals surface area contributed by atoms with E-state index >= 15 is 0 Å². The summed E-state index contributed by atoms with van der Waals surface area (Å²) in [6.45, 7) is 17.5. The van der Waals surface area contributed by atoms with Crippen LogP contribution in [0.25, 0.3) is 38.8 Å². The molecule has 3 aromatic heterocycles. The standard InChI is InChI=1S/C40H46N6O3/c1-23(2)33-35(25(4)17-18-41-33)46-37-31(36(43-38(46)47)45-20-19-44(22-26(45)5)39(48)49-40(6,7)8)21-30(27-15-16-27)34(42-37)29-14-10-13-28-12-9-11-24(3)32(28)29/h9-14,17-18,21,23,26-27H,15-16,19-20,22H2,1-8H3. The van der Waals surface area contributed by atoms with Gasteiger partial charge in [0, 0.05) is 37.4 Å². The normalized spacial score (nSPS) is 17.0. The van der Waals surface area contributed by atoms with E-state index in [0.717, 1.165) is 51.8 Å². The van der Waals surface area contributed by atoms with Crippen LogP contribution in [0.15, 0.2) is 59.5 Å². The topological polar surface area (TPSA) is 93.5 Å². The first kappa shape index (κ1) is 32.7. The Hall–Kier alpha value is -4.79. The number of aromatic nitrogens is 4. The van der Waals surface area contributed by atoms with Gasteiger partial charge < -0.3 is 14.5 Å². The summed E-state index contributed by atoms with van der Waals surface area (Å²) in [6.07, 6.45) is 3.67. The van der Waals surface area contributed by atoms with E-state index in [2.05, 4.69) is 75.1 Å². The molecule has 1 saturated heterocycles. The molecule has 5 aromatic rings. The van der Waals surface area contributed by atoms with Crippen molar-refractivity contribution in [3.8, 4) is 16.9 Å². The van der Waals surface area contributed by atoms with E-state index in [1.807, 2.05) is 33.8 Å². The van der Waals surface area contributed by atoms with E-state index in [-0.39, 0.29) is 18.1 Å². The van der Waals surface area contributed by atoms with Crippen molar-refractivity contribution >= 4 is 33.7 Å². The molecule has 9 nitrogen and oxygen atoms in total. The van der Waals surface area contributed by atoms with Crippen molar-refractivity contribution in [2.24, 2.45) is 0 Å². The summed E-state index contributed by atoms with van der Waals surface area (Å²) in [5.41, 5.74) is 6.45. The zero-order valence-electron chi connectivity index (χ0n) is 29.9. The van der Waals surface area contributed by atoms with E-state index in [1.54, 1.807) is 15.7 Å². The van der Waals surface area contributed by atoms with E-state index < -0.39 is 11.3 Å². The molecule has 1 saturated carbocycles. The number of piperazine rings is 1. The highest BCUT2D eigenvalue weighted by Crippen LogP contribution is 2.47. The molecule has 2 aliphatic rings. The van der Waals surface area contributed by atoms with Crippen LogP contribution in [-0.4, -0.2) is 61.8 Å². The van der Waals surface area contributed by atoms with Crippen LogP contribution in [0.3, 0.4) is 0 Å². The Kier molecular flexibility index (Phi) is 8.20. The van der Waals surface area contributed by atoms with Gasteiger partial charge in [-0.15, -0.1) is 0 Å². The number of fused-ring (bicyclic) bond motifs is 2. The molecule has 0 radical (unpaired) electrons. The number of carbonyl (C=O) groups is 1. The van der Waals surface area contributed by atoms with Crippen LogP contribution in [0, 0.1) is 13.8 Å². The number of hydrogen-bond acceptors (Lipinski definition) is 7. The van der Waals surface area contributed by atoms with Gasteiger partial charge in [0.25, 0.3) is 0 Å². The van der Waals surface area contributed by atoms with Crippen LogP contribution >= 0.6 is 0 Å². The Labute approximate surface area is 288 Å². The highest BCUT2D eigenvalue weighted by atomic mass is 16.6. The number of pyridine rings is 2. The van der Waals surface area contributed by atoms with Crippen molar-refractivity contribution in [2.75, 3.05) is 24.5 Å². The highest BCUT2D eigenvalue weighted by Gasteiger charge is 2.34. The first-order chi connectivity index (χ1) is 23.3. The number of rotatable bonds is 5. The van der Waals surface area contributed by atoms with Gasteiger partial charge in [-0.3, -0.25) is 4.98 Å². The Morgan fingerprint density at radius 2 is 1.71 bits per heavy atom. The summed E-state index contributed by atoms with van der Waals surface area (Å²) in [5.74, 6) is 1.06. The predicted molar refractivity (Wildman–Crippen MR) is 196 cm³/mol. The van der Waals surface area contributed by atoms with E-state index in [9.17, 15) is 9.59 Å². The molecule has 2 fully saturated rings. The van der Waals surface area contributed by atoms with E-state index in [0.29, 0.717) is 37.0 Å². The molecule has 0 bridgehead atoms. The molecule has 1 aliphatic heterocycles. The molecular weight excluding hydrogens is 612 g/mol. The van der Waals surface area contributed by atoms with Gasteiger partial charge in [-0.25, -0.2) is 19.1 Å². The third kappa shape index (κ3) is 6.04.